The van der Waals surface area contributed by atoms with Crippen molar-refractivity contribution < 1.29 is 4.74 Å². The number of methoxy groups -OCH3 is 1. The third-order valence-electron chi connectivity index (χ3n) is 2.52. The number of hydrogen-bond acceptors (Lipinski definition) is 4. The summed E-state index contributed by atoms with van der Waals surface area (Å²) >= 11 is 5.93. The molecule has 94 valence electrons. The van der Waals surface area contributed by atoms with Crippen LogP contribution >= 0.6 is 11.6 Å². The number of hydrogen-bond donors (Lipinski definition) is 2. The molecule has 0 radical (unpaired) electrons. The van der Waals surface area contributed by atoms with Crippen molar-refractivity contribution in [3.05, 3.63) is 50.9 Å². The van der Waals surface area contributed by atoms with E-state index in [0.717, 1.165) is 5.56 Å². The fourth-order valence-corrected chi connectivity index (χ4v) is 1.85. The van der Waals surface area contributed by atoms with Crippen molar-refractivity contribution >= 4 is 17.5 Å². The molecule has 0 bridgehead atoms. The summed E-state index contributed by atoms with van der Waals surface area (Å²) in [6.07, 6.45) is 1.83. The van der Waals surface area contributed by atoms with Gasteiger partial charge in [0.1, 0.15) is 5.75 Å². The Labute approximate surface area is 109 Å². The monoisotopic (exact) mass is 265 g/mol. The van der Waals surface area contributed by atoms with Gasteiger partial charge >= 0.3 is 0 Å². The number of benzene rings is 1. The van der Waals surface area contributed by atoms with Gasteiger partial charge in [-0.3, -0.25) is 9.78 Å². The molecule has 0 saturated carbocycles. The maximum Gasteiger partial charge on any atom is 0.255 e. The van der Waals surface area contributed by atoms with E-state index >= 15 is 0 Å². The van der Waals surface area contributed by atoms with Gasteiger partial charge in [0, 0.05) is 28.8 Å². The van der Waals surface area contributed by atoms with Crippen LogP contribution in [-0.4, -0.2) is 17.1 Å². The van der Waals surface area contributed by atoms with Gasteiger partial charge in [0.05, 0.1) is 7.11 Å². The van der Waals surface area contributed by atoms with Gasteiger partial charge in [0.15, 0.2) is 5.95 Å². The van der Waals surface area contributed by atoms with Crippen molar-refractivity contribution in [2.45, 2.75) is 6.42 Å². The highest BCUT2D eigenvalue weighted by Gasteiger charge is 2.08. The fraction of sp³-hybridized carbons (Fsp3) is 0.167. The number of anilines is 1. The maximum atomic E-state index is 11.7. The Hall–Kier alpha value is -2.01. The zero-order chi connectivity index (χ0) is 13.1. The quantitative estimate of drug-likeness (QED) is 0.883. The second-order valence-electron chi connectivity index (χ2n) is 3.76. The van der Waals surface area contributed by atoms with Crippen LogP contribution in [0.25, 0.3) is 0 Å². The zero-order valence-electron chi connectivity index (χ0n) is 9.74. The molecule has 0 fully saturated rings. The van der Waals surface area contributed by atoms with Gasteiger partial charge in [0.25, 0.3) is 5.56 Å². The molecule has 2 rings (SSSR count). The van der Waals surface area contributed by atoms with Crippen molar-refractivity contribution in [1.82, 2.24) is 9.97 Å². The van der Waals surface area contributed by atoms with Crippen LogP contribution in [-0.2, 0) is 6.42 Å². The molecule has 1 heterocycles. The number of aromatic nitrogens is 2. The highest BCUT2D eigenvalue weighted by molar-refractivity contribution is 6.30. The molecule has 1 aromatic heterocycles. The average Bonchev–Trinajstić information content (AvgIpc) is 2.33. The summed E-state index contributed by atoms with van der Waals surface area (Å²) in [4.78, 5) is 18.0. The van der Waals surface area contributed by atoms with Crippen LogP contribution in [0, 0.1) is 0 Å². The number of aromatic amines is 1. The first kappa shape index (κ1) is 12.4. The summed E-state index contributed by atoms with van der Waals surface area (Å²) in [5.41, 5.74) is 6.45. The second kappa shape index (κ2) is 5.10. The summed E-state index contributed by atoms with van der Waals surface area (Å²) in [7, 11) is 1.57. The van der Waals surface area contributed by atoms with Gasteiger partial charge in [-0.05, 0) is 18.2 Å². The van der Waals surface area contributed by atoms with Crippen LogP contribution in [0.3, 0.4) is 0 Å². The predicted molar refractivity (Wildman–Crippen MR) is 70.1 cm³/mol. The normalized spacial score (nSPS) is 10.3. The number of rotatable bonds is 3. The first-order valence-electron chi connectivity index (χ1n) is 5.26. The third-order valence-corrected chi connectivity index (χ3v) is 2.75. The minimum Gasteiger partial charge on any atom is -0.496 e. The number of nitrogens with two attached hydrogens (primary N) is 1. The Bertz CT molecular complexity index is 625. The van der Waals surface area contributed by atoms with Gasteiger partial charge in [-0.25, -0.2) is 4.98 Å². The first-order chi connectivity index (χ1) is 8.60. The fourth-order valence-electron chi connectivity index (χ4n) is 1.65. The number of nitrogens with one attached hydrogen (secondary N) is 1. The molecule has 5 nitrogen and oxygen atoms in total. The molecule has 0 unspecified atom stereocenters. The Morgan fingerprint density at radius 3 is 2.89 bits per heavy atom. The third kappa shape index (κ3) is 2.62. The number of nitrogens with zero attached hydrogens (tertiary/aromatic N) is 1. The Kier molecular flexibility index (Phi) is 3.53. The van der Waals surface area contributed by atoms with Crippen LogP contribution in [0.5, 0.6) is 5.75 Å². The lowest BCUT2D eigenvalue weighted by Crippen LogP contribution is -2.16. The van der Waals surface area contributed by atoms with E-state index in [9.17, 15) is 4.79 Å². The smallest absolute Gasteiger partial charge is 0.255 e. The number of halogens is 1. The lowest BCUT2D eigenvalue weighted by atomic mass is 10.1. The molecule has 0 aliphatic heterocycles. The summed E-state index contributed by atoms with van der Waals surface area (Å²) in [6, 6.07) is 5.25. The molecule has 18 heavy (non-hydrogen) atoms. The van der Waals surface area contributed by atoms with E-state index in [-0.39, 0.29) is 11.5 Å². The van der Waals surface area contributed by atoms with E-state index in [0.29, 0.717) is 22.8 Å². The van der Waals surface area contributed by atoms with Gasteiger partial charge in [-0.1, -0.05) is 11.6 Å². The van der Waals surface area contributed by atoms with Crippen molar-refractivity contribution in [1.29, 1.82) is 0 Å². The van der Waals surface area contributed by atoms with Crippen LogP contribution < -0.4 is 16.0 Å². The first-order valence-corrected chi connectivity index (χ1v) is 5.64. The van der Waals surface area contributed by atoms with Crippen molar-refractivity contribution in [3.63, 3.8) is 0 Å². The molecule has 0 saturated heterocycles. The van der Waals surface area contributed by atoms with E-state index in [2.05, 4.69) is 9.97 Å². The Morgan fingerprint density at radius 1 is 1.44 bits per heavy atom. The number of nitrogen functional groups attached to an aromatic ring is 1. The summed E-state index contributed by atoms with van der Waals surface area (Å²) in [5.74, 6) is 0.775. The Balaban J connectivity index is 2.39. The molecular weight excluding hydrogens is 254 g/mol. The minimum atomic E-state index is -0.260. The van der Waals surface area contributed by atoms with Crippen LogP contribution in [0.1, 0.15) is 11.1 Å². The lowest BCUT2D eigenvalue weighted by Gasteiger charge is -2.08. The molecule has 0 atom stereocenters. The molecule has 0 aliphatic rings. The van der Waals surface area contributed by atoms with Gasteiger partial charge in [-0.2, -0.15) is 0 Å². The average molecular weight is 266 g/mol. The molecule has 0 aliphatic carbocycles. The molecule has 6 heteroatoms. The molecule has 1 aromatic carbocycles. The summed E-state index contributed by atoms with van der Waals surface area (Å²) < 4.78 is 5.22. The highest BCUT2D eigenvalue weighted by atomic mass is 35.5. The molecule has 2 aromatic rings. The van der Waals surface area contributed by atoms with E-state index in [1.165, 1.54) is 6.20 Å². The van der Waals surface area contributed by atoms with Crippen molar-refractivity contribution in [2.24, 2.45) is 0 Å². The summed E-state index contributed by atoms with van der Waals surface area (Å²) in [6.45, 7) is 0. The van der Waals surface area contributed by atoms with Crippen molar-refractivity contribution in [3.8, 4) is 5.75 Å². The van der Waals surface area contributed by atoms with Crippen LogP contribution in [0.2, 0.25) is 5.02 Å². The molecular formula is C12H12ClN3O2. The van der Waals surface area contributed by atoms with Crippen LogP contribution in [0.4, 0.5) is 5.95 Å². The molecule has 0 spiro atoms. The summed E-state index contributed by atoms with van der Waals surface area (Å²) in [5, 5.41) is 0.589. The lowest BCUT2D eigenvalue weighted by molar-refractivity contribution is 0.410. The van der Waals surface area contributed by atoms with E-state index in [4.69, 9.17) is 22.1 Å². The van der Waals surface area contributed by atoms with Crippen molar-refractivity contribution in [2.75, 3.05) is 12.8 Å². The van der Waals surface area contributed by atoms with E-state index in [1.807, 2.05) is 0 Å². The van der Waals surface area contributed by atoms with Gasteiger partial charge in [-0.15, -0.1) is 0 Å². The van der Waals surface area contributed by atoms with Crippen LogP contribution in [0.15, 0.2) is 29.2 Å². The van der Waals surface area contributed by atoms with Gasteiger partial charge < -0.3 is 10.5 Å². The maximum absolute atomic E-state index is 11.7. The predicted octanol–water partition coefficient (Wildman–Crippen LogP) is 1.60. The van der Waals surface area contributed by atoms with Gasteiger partial charge in [0.2, 0.25) is 0 Å². The zero-order valence-corrected chi connectivity index (χ0v) is 10.5. The SMILES string of the molecule is COc1ccc(Cl)cc1Cc1cnc(N)[nH]c1=O. The molecule has 0 amide bonds. The van der Waals surface area contributed by atoms with E-state index < -0.39 is 0 Å². The van der Waals surface area contributed by atoms with E-state index in [1.54, 1.807) is 25.3 Å². The topological polar surface area (TPSA) is 81.0 Å². The minimum absolute atomic E-state index is 0.0989. The largest absolute Gasteiger partial charge is 0.496 e. The molecule has 3 N–H and O–H groups in total. The second-order valence-corrected chi connectivity index (χ2v) is 4.19. The highest BCUT2D eigenvalue weighted by Crippen LogP contribution is 2.24. The Morgan fingerprint density at radius 2 is 2.22 bits per heavy atom. The number of ether oxygens (including phenoxy) is 1. The standard InChI is InChI=1S/C12H12ClN3O2/c1-18-10-3-2-9(13)5-7(10)4-8-6-15-12(14)16-11(8)17/h2-3,5-6H,4H2,1H3,(H3,14,15,16,17). The number of H-pyrrole nitrogens is 1.